The average Bonchev–Trinajstić information content (AvgIpc) is 2.53. The molecule has 0 saturated heterocycles. The number of rotatable bonds is 3. The second-order valence-corrected chi connectivity index (χ2v) is 7.27. The predicted molar refractivity (Wildman–Crippen MR) is 90.8 cm³/mol. The summed E-state index contributed by atoms with van der Waals surface area (Å²) in [5.74, 6) is -0.871. The van der Waals surface area contributed by atoms with E-state index < -0.39 is 27.9 Å². The van der Waals surface area contributed by atoms with Crippen molar-refractivity contribution in [1.82, 2.24) is 4.72 Å². The number of hydrogen-bond donors (Lipinski definition) is 3. The van der Waals surface area contributed by atoms with Gasteiger partial charge in [-0.2, -0.15) is 4.72 Å². The monoisotopic (exact) mass is 385 g/mol. The molecule has 0 aromatic heterocycles. The molecule has 0 saturated carbocycles. The number of sulfonamides is 1. The van der Waals surface area contributed by atoms with Gasteiger partial charge in [-0.15, -0.1) is 0 Å². The molecular weight excluding hydrogens is 373 g/mol. The smallest absolute Gasteiger partial charge is 0.262 e. The van der Waals surface area contributed by atoms with Gasteiger partial charge in [0.15, 0.2) is 6.17 Å². The van der Waals surface area contributed by atoms with Crippen LogP contribution in [-0.4, -0.2) is 27.6 Å². The molecule has 1 aliphatic rings. The summed E-state index contributed by atoms with van der Waals surface area (Å²) in [6.07, 6.45) is -1.31. The highest BCUT2D eigenvalue weighted by Gasteiger charge is 2.33. The van der Waals surface area contributed by atoms with Crippen LogP contribution in [0.4, 0.5) is 15.8 Å². The standard InChI is InChI=1S/C15H13ClFN3O4S/c1-24-12-4-3-9(7-10(12)16)18-15(21)14-19-11-6-8(17)2-5-13(11)25(22,23)20-14/h2-7,14,19-20H,1H3,(H,18,21)/t14-/m1/s1. The van der Waals surface area contributed by atoms with Crippen molar-refractivity contribution in [2.24, 2.45) is 0 Å². The molecule has 3 N–H and O–H groups in total. The van der Waals surface area contributed by atoms with Crippen LogP contribution >= 0.6 is 11.6 Å². The van der Waals surface area contributed by atoms with Crippen molar-refractivity contribution in [2.75, 3.05) is 17.7 Å². The van der Waals surface area contributed by atoms with Crippen LogP contribution in [0.3, 0.4) is 0 Å². The van der Waals surface area contributed by atoms with E-state index in [1.165, 1.54) is 13.2 Å². The summed E-state index contributed by atoms with van der Waals surface area (Å²) >= 11 is 5.98. The number of fused-ring (bicyclic) bond motifs is 1. The molecule has 7 nitrogen and oxygen atoms in total. The van der Waals surface area contributed by atoms with Crippen LogP contribution in [0.25, 0.3) is 0 Å². The van der Waals surface area contributed by atoms with Crippen LogP contribution in [0.2, 0.25) is 5.02 Å². The molecule has 1 amide bonds. The first-order chi connectivity index (χ1) is 11.8. The number of amides is 1. The van der Waals surface area contributed by atoms with E-state index in [9.17, 15) is 17.6 Å². The van der Waals surface area contributed by atoms with Crippen molar-refractivity contribution in [1.29, 1.82) is 0 Å². The third-order valence-corrected chi connectivity index (χ3v) is 5.26. The van der Waals surface area contributed by atoms with E-state index in [1.807, 2.05) is 0 Å². The van der Waals surface area contributed by atoms with Gasteiger partial charge in [0.25, 0.3) is 5.91 Å². The molecule has 1 aliphatic heterocycles. The highest BCUT2D eigenvalue weighted by Crippen LogP contribution is 2.29. The number of anilines is 2. The topological polar surface area (TPSA) is 96.5 Å². The fourth-order valence-electron chi connectivity index (χ4n) is 2.33. The Morgan fingerprint density at radius 1 is 1.28 bits per heavy atom. The molecular formula is C15H13ClFN3O4S. The molecule has 132 valence electrons. The Labute approximate surface area is 148 Å². The second kappa shape index (κ2) is 6.51. The van der Waals surface area contributed by atoms with Crippen molar-refractivity contribution in [2.45, 2.75) is 11.1 Å². The largest absolute Gasteiger partial charge is 0.495 e. The predicted octanol–water partition coefficient (Wildman–Crippen LogP) is 2.16. The number of halogens is 2. The van der Waals surface area contributed by atoms with Crippen molar-refractivity contribution < 1.29 is 22.3 Å². The minimum Gasteiger partial charge on any atom is -0.495 e. The van der Waals surface area contributed by atoms with Crippen LogP contribution in [0.5, 0.6) is 5.75 Å². The van der Waals surface area contributed by atoms with Crippen molar-refractivity contribution >= 4 is 38.9 Å². The van der Waals surface area contributed by atoms with Gasteiger partial charge in [0.1, 0.15) is 16.5 Å². The zero-order chi connectivity index (χ0) is 18.2. The molecule has 3 rings (SSSR count). The maximum absolute atomic E-state index is 13.4. The zero-order valence-electron chi connectivity index (χ0n) is 12.8. The quantitative estimate of drug-likeness (QED) is 0.752. The lowest BCUT2D eigenvalue weighted by molar-refractivity contribution is -0.117. The first-order valence-electron chi connectivity index (χ1n) is 7.03. The lowest BCUT2D eigenvalue weighted by atomic mass is 10.2. The Morgan fingerprint density at radius 2 is 2.04 bits per heavy atom. The van der Waals surface area contributed by atoms with Gasteiger partial charge >= 0.3 is 0 Å². The summed E-state index contributed by atoms with van der Waals surface area (Å²) in [6, 6.07) is 7.73. The normalized spacial score (nSPS) is 18.0. The Morgan fingerprint density at radius 3 is 2.72 bits per heavy atom. The average molecular weight is 386 g/mol. The van der Waals surface area contributed by atoms with E-state index in [4.69, 9.17) is 16.3 Å². The fraction of sp³-hybridized carbons (Fsp3) is 0.133. The minimum absolute atomic E-state index is 0.00617. The number of methoxy groups -OCH3 is 1. The molecule has 2 aromatic carbocycles. The molecule has 0 aliphatic carbocycles. The Kier molecular flexibility index (Phi) is 4.55. The van der Waals surface area contributed by atoms with E-state index >= 15 is 0 Å². The third-order valence-electron chi connectivity index (χ3n) is 3.49. The highest BCUT2D eigenvalue weighted by atomic mass is 35.5. The molecule has 0 bridgehead atoms. The van der Waals surface area contributed by atoms with Gasteiger partial charge in [0.2, 0.25) is 10.0 Å². The minimum atomic E-state index is -3.95. The summed E-state index contributed by atoms with van der Waals surface area (Å²) in [4.78, 5) is 12.2. The van der Waals surface area contributed by atoms with Gasteiger partial charge in [0, 0.05) is 5.69 Å². The lowest BCUT2D eigenvalue weighted by Crippen LogP contribution is -2.51. The summed E-state index contributed by atoms with van der Waals surface area (Å²) in [6.45, 7) is 0. The van der Waals surface area contributed by atoms with Crippen LogP contribution in [0.15, 0.2) is 41.3 Å². The maximum atomic E-state index is 13.4. The first-order valence-corrected chi connectivity index (χ1v) is 8.89. The van der Waals surface area contributed by atoms with Gasteiger partial charge in [0.05, 0.1) is 17.8 Å². The highest BCUT2D eigenvalue weighted by molar-refractivity contribution is 7.89. The fourth-order valence-corrected chi connectivity index (χ4v) is 3.85. The molecule has 1 heterocycles. The Hall–Kier alpha value is -2.36. The van der Waals surface area contributed by atoms with Gasteiger partial charge < -0.3 is 15.4 Å². The second-order valence-electron chi connectivity index (χ2n) is 5.18. The number of carbonyl (C=O) groups excluding carboxylic acids is 1. The van der Waals surface area contributed by atoms with Gasteiger partial charge in [-0.05, 0) is 36.4 Å². The van der Waals surface area contributed by atoms with E-state index in [0.29, 0.717) is 11.4 Å². The summed E-state index contributed by atoms with van der Waals surface area (Å²) in [5, 5.41) is 5.46. The van der Waals surface area contributed by atoms with E-state index in [-0.39, 0.29) is 15.6 Å². The molecule has 25 heavy (non-hydrogen) atoms. The summed E-state index contributed by atoms with van der Waals surface area (Å²) in [7, 11) is -2.50. The summed E-state index contributed by atoms with van der Waals surface area (Å²) < 4.78 is 45.0. The van der Waals surface area contributed by atoms with Crippen LogP contribution in [-0.2, 0) is 14.8 Å². The third kappa shape index (κ3) is 3.53. The van der Waals surface area contributed by atoms with Crippen molar-refractivity contribution in [3.8, 4) is 5.75 Å². The number of hydrogen-bond acceptors (Lipinski definition) is 5. The van der Waals surface area contributed by atoms with E-state index in [1.54, 1.807) is 12.1 Å². The first kappa shape index (κ1) is 17.5. The number of carbonyl (C=O) groups is 1. The molecule has 0 radical (unpaired) electrons. The molecule has 1 atom stereocenters. The molecule has 0 fully saturated rings. The number of ether oxygens (including phenoxy) is 1. The van der Waals surface area contributed by atoms with Crippen LogP contribution in [0.1, 0.15) is 0 Å². The molecule has 2 aromatic rings. The maximum Gasteiger partial charge on any atom is 0.262 e. The van der Waals surface area contributed by atoms with Crippen LogP contribution in [0, 0.1) is 5.82 Å². The molecule has 0 unspecified atom stereocenters. The number of nitrogens with one attached hydrogen (secondary N) is 3. The Balaban J connectivity index is 1.83. The SMILES string of the molecule is COc1ccc(NC(=O)[C@@H]2Nc3cc(F)ccc3S(=O)(=O)N2)cc1Cl. The zero-order valence-corrected chi connectivity index (χ0v) is 14.4. The molecule has 10 heteroatoms. The Bertz CT molecular complexity index is 952. The number of benzene rings is 2. The molecule has 0 spiro atoms. The lowest BCUT2D eigenvalue weighted by Gasteiger charge is -2.27. The van der Waals surface area contributed by atoms with Gasteiger partial charge in [-0.25, -0.2) is 12.8 Å². The summed E-state index contributed by atoms with van der Waals surface area (Å²) in [5.41, 5.74) is 0.355. The van der Waals surface area contributed by atoms with Crippen molar-refractivity contribution in [3.63, 3.8) is 0 Å². The van der Waals surface area contributed by atoms with Crippen LogP contribution < -0.4 is 20.1 Å². The van der Waals surface area contributed by atoms with E-state index in [2.05, 4.69) is 15.4 Å². The van der Waals surface area contributed by atoms with E-state index in [0.717, 1.165) is 18.2 Å². The van der Waals surface area contributed by atoms with Gasteiger partial charge in [-0.3, -0.25) is 4.79 Å². The van der Waals surface area contributed by atoms with Gasteiger partial charge in [-0.1, -0.05) is 11.6 Å². The van der Waals surface area contributed by atoms with Crippen molar-refractivity contribution in [3.05, 3.63) is 47.2 Å².